The lowest BCUT2D eigenvalue weighted by Crippen LogP contribution is -2.60. The largest absolute Gasteiger partial charge is 0.481 e. The summed E-state index contributed by atoms with van der Waals surface area (Å²) in [5.74, 6) is -1.06. The minimum absolute atomic E-state index is 0.192. The summed E-state index contributed by atoms with van der Waals surface area (Å²) in [6.07, 6.45) is 4.71. The number of rotatable bonds is 1. The van der Waals surface area contributed by atoms with Gasteiger partial charge in [0.2, 0.25) is 0 Å². The molecule has 0 heterocycles. The molecule has 0 aliphatic heterocycles. The first-order valence-electron chi connectivity index (χ1n) is 7.06. The van der Waals surface area contributed by atoms with Gasteiger partial charge in [0.1, 0.15) is 0 Å². The van der Waals surface area contributed by atoms with Crippen LogP contribution in [0, 0.1) is 22.7 Å². The number of carboxylic acids is 1. The van der Waals surface area contributed by atoms with Crippen molar-refractivity contribution in [3.63, 3.8) is 0 Å². The van der Waals surface area contributed by atoms with Crippen LogP contribution in [0.15, 0.2) is 0 Å². The molecule has 2 saturated carbocycles. The van der Waals surface area contributed by atoms with Gasteiger partial charge in [0.25, 0.3) is 0 Å². The highest BCUT2D eigenvalue weighted by Crippen LogP contribution is 2.61. The molecule has 0 aromatic rings. The zero-order valence-electron chi connectivity index (χ0n) is 12.0. The standard InChI is InChI=1S/C15H26O3/c1-13(2)7-5-8-14(3)10(13)6-9-15(4,18)11(14)12(16)17/h10-11,18H,5-9H2,1-4H3,(H,16,17)/t10-,11+,14-,15+/m0/s1. The lowest BCUT2D eigenvalue weighted by molar-refractivity contribution is -0.192. The second-order valence-corrected chi connectivity index (χ2v) is 7.57. The van der Waals surface area contributed by atoms with Crippen molar-refractivity contribution in [1.29, 1.82) is 0 Å². The summed E-state index contributed by atoms with van der Waals surface area (Å²) in [4.78, 5) is 11.7. The Balaban J connectivity index is 2.45. The normalized spacial score (nSPS) is 47.4. The summed E-state index contributed by atoms with van der Waals surface area (Å²) in [6.45, 7) is 8.31. The fraction of sp³-hybridized carbons (Fsp3) is 0.933. The number of hydrogen-bond acceptors (Lipinski definition) is 2. The Kier molecular flexibility index (Phi) is 3.05. The van der Waals surface area contributed by atoms with Crippen LogP contribution in [0.2, 0.25) is 0 Å². The van der Waals surface area contributed by atoms with Gasteiger partial charge in [0.05, 0.1) is 11.5 Å². The molecule has 0 aromatic heterocycles. The van der Waals surface area contributed by atoms with E-state index in [0.29, 0.717) is 12.3 Å². The van der Waals surface area contributed by atoms with Gasteiger partial charge in [0.15, 0.2) is 0 Å². The van der Waals surface area contributed by atoms with E-state index in [2.05, 4.69) is 20.8 Å². The highest BCUT2D eigenvalue weighted by atomic mass is 16.4. The number of aliphatic hydroxyl groups is 1. The van der Waals surface area contributed by atoms with Crippen LogP contribution in [-0.4, -0.2) is 21.8 Å². The third-order valence-corrected chi connectivity index (χ3v) is 5.74. The van der Waals surface area contributed by atoms with Crippen molar-refractivity contribution in [2.24, 2.45) is 22.7 Å². The molecule has 0 spiro atoms. The van der Waals surface area contributed by atoms with Gasteiger partial charge in [0, 0.05) is 0 Å². The van der Waals surface area contributed by atoms with Crippen LogP contribution in [-0.2, 0) is 4.79 Å². The topological polar surface area (TPSA) is 57.5 Å². The van der Waals surface area contributed by atoms with Crippen molar-refractivity contribution in [2.75, 3.05) is 0 Å². The molecule has 0 unspecified atom stereocenters. The predicted molar refractivity (Wildman–Crippen MR) is 70.2 cm³/mol. The molecule has 18 heavy (non-hydrogen) atoms. The van der Waals surface area contributed by atoms with Crippen LogP contribution in [0.4, 0.5) is 0 Å². The molecule has 3 nitrogen and oxygen atoms in total. The average Bonchev–Trinajstić information content (AvgIpc) is 2.12. The summed E-state index contributed by atoms with van der Waals surface area (Å²) < 4.78 is 0. The quantitative estimate of drug-likeness (QED) is 0.756. The monoisotopic (exact) mass is 254 g/mol. The highest BCUT2D eigenvalue weighted by molar-refractivity contribution is 5.73. The zero-order valence-corrected chi connectivity index (χ0v) is 12.0. The molecule has 3 heteroatoms. The maximum absolute atomic E-state index is 11.7. The Labute approximate surface area is 110 Å². The molecule has 0 saturated heterocycles. The Morgan fingerprint density at radius 3 is 2.28 bits per heavy atom. The molecule has 0 amide bonds. The minimum atomic E-state index is -1.06. The minimum Gasteiger partial charge on any atom is -0.481 e. The van der Waals surface area contributed by atoms with Crippen LogP contribution < -0.4 is 0 Å². The lowest BCUT2D eigenvalue weighted by atomic mass is 9.45. The molecule has 4 atom stereocenters. The van der Waals surface area contributed by atoms with E-state index in [9.17, 15) is 15.0 Å². The molecule has 2 rings (SSSR count). The van der Waals surface area contributed by atoms with E-state index >= 15 is 0 Å². The van der Waals surface area contributed by atoms with Crippen molar-refractivity contribution >= 4 is 5.97 Å². The van der Waals surface area contributed by atoms with E-state index < -0.39 is 17.5 Å². The predicted octanol–water partition coefficient (Wildman–Crippen LogP) is 3.06. The summed E-state index contributed by atoms with van der Waals surface area (Å²) in [7, 11) is 0. The molecule has 2 aliphatic rings. The van der Waals surface area contributed by atoms with Crippen LogP contribution in [0.3, 0.4) is 0 Å². The van der Waals surface area contributed by atoms with Crippen molar-refractivity contribution in [1.82, 2.24) is 0 Å². The van der Waals surface area contributed by atoms with Crippen molar-refractivity contribution in [3.05, 3.63) is 0 Å². The van der Waals surface area contributed by atoms with E-state index in [-0.39, 0.29) is 10.8 Å². The van der Waals surface area contributed by atoms with Gasteiger partial charge in [-0.25, -0.2) is 0 Å². The van der Waals surface area contributed by atoms with E-state index in [1.165, 1.54) is 6.42 Å². The smallest absolute Gasteiger partial charge is 0.309 e. The Morgan fingerprint density at radius 1 is 1.11 bits per heavy atom. The first-order valence-corrected chi connectivity index (χ1v) is 7.06. The lowest BCUT2D eigenvalue weighted by Gasteiger charge is -2.59. The van der Waals surface area contributed by atoms with E-state index in [0.717, 1.165) is 19.3 Å². The Bertz CT molecular complexity index is 359. The second kappa shape index (κ2) is 3.96. The fourth-order valence-electron chi connectivity index (χ4n) is 5.07. The maximum atomic E-state index is 11.7. The van der Waals surface area contributed by atoms with Crippen molar-refractivity contribution in [2.45, 2.75) is 65.4 Å². The Morgan fingerprint density at radius 2 is 1.72 bits per heavy atom. The first kappa shape index (κ1) is 13.9. The molecule has 2 aliphatic carbocycles. The third-order valence-electron chi connectivity index (χ3n) is 5.74. The summed E-state index contributed by atoms with van der Waals surface area (Å²) >= 11 is 0. The maximum Gasteiger partial charge on any atom is 0.309 e. The van der Waals surface area contributed by atoms with E-state index in [4.69, 9.17) is 0 Å². The molecule has 2 fully saturated rings. The van der Waals surface area contributed by atoms with Crippen LogP contribution in [0.5, 0.6) is 0 Å². The van der Waals surface area contributed by atoms with Gasteiger partial charge in [-0.3, -0.25) is 4.79 Å². The van der Waals surface area contributed by atoms with Crippen molar-refractivity contribution < 1.29 is 15.0 Å². The van der Waals surface area contributed by atoms with Gasteiger partial charge in [-0.2, -0.15) is 0 Å². The molecule has 2 N–H and O–H groups in total. The van der Waals surface area contributed by atoms with Gasteiger partial charge in [-0.15, -0.1) is 0 Å². The van der Waals surface area contributed by atoms with Gasteiger partial charge < -0.3 is 10.2 Å². The average molecular weight is 254 g/mol. The van der Waals surface area contributed by atoms with Crippen molar-refractivity contribution in [3.8, 4) is 0 Å². The van der Waals surface area contributed by atoms with Gasteiger partial charge >= 0.3 is 5.97 Å². The molecular weight excluding hydrogens is 228 g/mol. The molecular formula is C15H26O3. The Hall–Kier alpha value is -0.570. The van der Waals surface area contributed by atoms with Crippen LogP contribution in [0.1, 0.15) is 59.8 Å². The number of aliphatic carboxylic acids is 1. The van der Waals surface area contributed by atoms with Crippen LogP contribution in [0.25, 0.3) is 0 Å². The number of carbonyl (C=O) groups is 1. The molecule has 0 radical (unpaired) electrons. The van der Waals surface area contributed by atoms with Gasteiger partial charge in [-0.05, 0) is 49.4 Å². The second-order valence-electron chi connectivity index (χ2n) is 7.57. The van der Waals surface area contributed by atoms with E-state index in [1.807, 2.05) is 0 Å². The highest BCUT2D eigenvalue weighted by Gasteiger charge is 2.60. The number of carboxylic acid groups (broad SMARTS) is 1. The number of hydrogen-bond donors (Lipinski definition) is 2. The van der Waals surface area contributed by atoms with Crippen LogP contribution >= 0.6 is 0 Å². The molecule has 104 valence electrons. The first-order chi connectivity index (χ1) is 8.11. The molecule has 0 aromatic carbocycles. The van der Waals surface area contributed by atoms with E-state index in [1.54, 1.807) is 6.92 Å². The summed E-state index contributed by atoms with van der Waals surface area (Å²) in [6, 6.07) is 0. The van der Waals surface area contributed by atoms with Gasteiger partial charge in [-0.1, -0.05) is 27.2 Å². The zero-order chi connectivity index (χ0) is 13.8. The summed E-state index contributed by atoms with van der Waals surface area (Å²) in [5, 5.41) is 20.1. The fourth-order valence-corrected chi connectivity index (χ4v) is 5.07. The summed E-state index contributed by atoms with van der Waals surface area (Å²) in [5.41, 5.74) is -1.14. The molecule has 0 bridgehead atoms. The third kappa shape index (κ3) is 1.87. The SMILES string of the molecule is CC1(C)CCC[C@]2(C)[C@@H](C(=O)O)[C@](C)(O)CC[C@@H]12. The number of fused-ring (bicyclic) bond motifs is 1.